The molecule has 2 aromatic rings. The van der Waals surface area contributed by atoms with Gasteiger partial charge in [0.05, 0.1) is 31.5 Å². The molecule has 8 nitrogen and oxygen atoms in total. The maximum atomic E-state index is 13.6. The molecule has 188 valence electrons. The second-order valence-corrected chi connectivity index (χ2v) is 9.24. The van der Waals surface area contributed by atoms with Gasteiger partial charge in [-0.15, -0.1) is 0 Å². The van der Waals surface area contributed by atoms with Gasteiger partial charge in [0.15, 0.2) is 11.5 Å². The molecule has 2 aliphatic heterocycles. The number of nitrogen functional groups attached to an aromatic ring is 1. The van der Waals surface area contributed by atoms with Gasteiger partial charge in [0.2, 0.25) is 0 Å². The number of halogens is 1. The van der Waals surface area contributed by atoms with Gasteiger partial charge in [0.25, 0.3) is 0 Å². The van der Waals surface area contributed by atoms with E-state index in [2.05, 4.69) is 4.90 Å². The lowest BCUT2D eigenvalue weighted by atomic mass is 9.83. The average Bonchev–Trinajstić information content (AvgIpc) is 3.37. The molecule has 0 amide bonds. The Balaban J connectivity index is 1.66. The predicted molar refractivity (Wildman–Crippen MR) is 133 cm³/mol. The molecule has 35 heavy (non-hydrogen) atoms. The molecular weight excluding hydrogens is 472 g/mol. The van der Waals surface area contributed by atoms with Crippen molar-refractivity contribution in [1.82, 2.24) is 4.90 Å². The van der Waals surface area contributed by atoms with E-state index in [-0.39, 0.29) is 5.56 Å². The Morgan fingerprint density at radius 1 is 1.20 bits per heavy atom. The number of hydrogen-bond acceptors (Lipinski definition) is 8. The zero-order chi connectivity index (χ0) is 25.0. The molecule has 0 aliphatic carbocycles. The van der Waals surface area contributed by atoms with Crippen molar-refractivity contribution in [2.45, 2.75) is 37.7 Å². The van der Waals surface area contributed by atoms with Gasteiger partial charge in [-0.1, -0.05) is 17.7 Å². The molecule has 0 unspecified atom stereocenters. The second-order valence-electron chi connectivity index (χ2n) is 8.83. The molecule has 2 heterocycles. The minimum absolute atomic E-state index is 0.282. The number of likely N-dealkylation sites (tertiary alicyclic amines) is 1. The molecule has 2 aliphatic rings. The van der Waals surface area contributed by atoms with Crippen LogP contribution in [0.15, 0.2) is 24.3 Å². The smallest absolute Gasteiger partial charge is 0.342 e. The van der Waals surface area contributed by atoms with Crippen molar-refractivity contribution in [3.63, 3.8) is 0 Å². The number of benzene rings is 2. The first-order chi connectivity index (χ1) is 16.9. The Bertz CT molecular complexity index is 1100. The number of nitrogens with zero attached hydrogens (tertiary/aromatic N) is 1. The molecule has 0 spiro atoms. The molecule has 9 heteroatoms. The van der Waals surface area contributed by atoms with Crippen molar-refractivity contribution in [2.24, 2.45) is 0 Å². The fourth-order valence-electron chi connectivity index (χ4n) is 4.86. The molecule has 0 saturated carbocycles. The number of hydrogen-bond donors (Lipinski definition) is 1. The highest BCUT2D eigenvalue weighted by Crippen LogP contribution is 2.44. The third kappa shape index (κ3) is 5.04. The number of rotatable bonds is 9. The predicted octanol–water partition coefficient (Wildman–Crippen LogP) is 4.00. The van der Waals surface area contributed by atoms with Crippen LogP contribution in [0, 0.1) is 0 Å². The van der Waals surface area contributed by atoms with Gasteiger partial charge in [-0.05, 0) is 36.7 Å². The highest BCUT2D eigenvalue weighted by Gasteiger charge is 2.41. The van der Waals surface area contributed by atoms with Crippen LogP contribution in [0.25, 0.3) is 0 Å². The van der Waals surface area contributed by atoms with Crippen LogP contribution in [0.1, 0.15) is 47.2 Å². The van der Waals surface area contributed by atoms with Crippen molar-refractivity contribution >= 4 is 29.5 Å². The van der Waals surface area contributed by atoms with Gasteiger partial charge < -0.3 is 34.4 Å². The van der Waals surface area contributed by atoms with Crippen LogP contribution in [0.5, 0.6) is 17.2 Å². The van der Waals surface area contributed by atoms with Gasteiger partial charge >= 0.3 is 5.97 Å². The third-order valence-electron chi connectivity index (χ3n) is 6.85. The molecule has 0 atom stereocenters. The van der Waals surface area contributed by atoms with E-state index in [9.17, 15) is 9.59 Å². The normalized spacial score (nSPS) is 16.8. The molecule has 4 rings (SSSR count). The van der Waals surface area contributed by atoms with Crippen molar-refractivity contribution in [3.05, 3.63) is 46.0 Å². The first kappa shape index (κ1) is 25.1. The maximum absolute atomic E-state index is 13.6. The molecule has 2 aromatic carbocycles. The van der Waals surface area contributed by atoms with Gasteiger partial charge in [-0.25, -0.2) is 4.79 Å². The SMILES string of the molecule is COc1ccc(C2(OC(=O)c3cc(Cl)c(N)c4c3OCC4)CCN(CCCC=O)CC2)cc1OC. The summed E-state index contributed by atoms with van der Waals surface area (Å²) in [4.78, 5) is 26.6. The Kier molecular flexibility index (Phi) is 7.72. The molecule has 1 fully saturated rings. The summed E-state index contributed by atoms with van der Waals surface area (Å²) in [6, 6.07) is 7.12. The lowest BCUT2D eigenvalue weighted by Gasteiger charge is -2.41. The number of methoxy groups -OCH3 is 2. The average molecular weight is 503 g/mol. The summed E-state index contributed by atoms with van der Waals surface area (Å²) in [6.45, 7) is 2.70. The van der Waals surface area contributed by atoms with Gasteiger partial charge in [-0.3, -0.25) is 0 Å². The number of nitrogens with two attached hydrogens (primary N) is 1. The van der Waals surface area contributed by atoms with E-state index in [0.29, 0.717) is 60.2 Å². The van der Waals surface area contributed by atoms with Crippen molar-refractivity contribution in [3.8, 4) is 17.2 Å². The quantitative estimate of drug-likeness (QED) is 0.238. The van der Waals surface area contributed by atoms with E-state index in [4.69, 9.17) is 36.3 Å². The minimum atomic E-state index is -0.878. The summed E-state index contributed by atoms with van der Waals surface area (Å²) in [5.41, 5.74) is 7.53. The van der Waals surface area contributed by atoms with Crippen LogP contribution < -0.4 is 19.9 Å². The number of carbonyl (C=O) groups excluding carboxylic acids is 2. The summed E-state index contributed by atoms with van der Waals surface area (Å²) in [5.74, 6) is 1.11. The lowest BCUT2D eigenvalue weighted by Crippen LogP contribution is -2.45. The maximum Gasteiger partial charge on any atom is 0.342 e. The van der Waals surface area contributed by atoms with Crippen LogP contribution in [-0.2, 0) is 21.6 Å². The van der Waals surface area contributed by atoms with Crippen LogP contribution in [-0.4, -0.2) is 57.6 Å². The molecule has 0 radical (unpaired) electrons. The first-order valence-corrected chi connectivity index (χ1v) is 12.2. The molecule has 0 aromatic heterocycles. The van der Waals surface area contributed by atoms with E-state index < -0.39 is 11.6 Å². The van der Waals surface area contributed by atoms with E-state index in [1.54, 1.807) is 14.2 Å². The summed E-state index contributed by atoms with van der Waals surface area (Å²) >= 11 is 6.34. The van der Waals surface area contributed by atoms with Gasteiger partial charge in [0.1, 0.15) is 23.2 Å². The van der Waals surface area contributed by atoms with Crippen LogP contribution in [0.4, 0.5) is 5.69 Å². The monoisotopic (exact) mass is 502 g/mol. The van der Waals surface area contributed by atoms with E-state index in [0.717, 1.165) is 43.5 Å². The Morgan fingerprint density at radius 2 is 1.94 bits per heavy atom. The lowest BCUT2D eigenvalue weighted by molar-refractivity contribution is -0.108. The number of fused-ring (bicyclic) bond motifs is 1. The van der Waals surface area contributed by atoms with Gasteiger partial charge in [-0.2, -0.15) is 0 Å². The van der Waals surface area contributed by atoms with Crippen molar-refractivity contribution < 1.29 is 28.5 Å². The number of aldehydes is 1. The van der Waals surface area contributed by atoms with Crippen LogP contribution in [0.2, 0.25) is 5.02 Å². The van der Waals surface area contributed by atoms with E-state index >= 15 is 0 Å². The van der Waals surface area contributed by atoms with Crippen LogP contribution in [0.3, 0.4) is 0 Å². The summed E-state index contributed by atoms with van der Waals surface area (Å²) in [5, 5.41) is 0.311. The molecule has 1 saturated heterocycles. The minimum Gasteiger partial charge on any atom is -0.493 e. The fourth-order valence-corrected chi connectivity index (χ4v) is 5.08. The molecule has 2 N–H and O–H groups in total. The first-order valence-electron chi connectivity index (χ1n) is 11.8. The van der Waals surface area contributed by atoms with Crippen LogP contribution >= 0.6 is 11.6 Å². The zero-order valence-electron chi connectivity index (χ0n) is 20.1. The molecular formula is C26H31ClN2O6. The van der Waals surface area contributed by atoms with E-state index in [1.807, 2.05) is 18.2 Å². The highest BCUT2D eigenvalue weighted by molar-refractivity contribution is 6.33. The highest BCUT2D eigenvalue weighted by atomic mass is 35.5. The largest absolute Gasteiger partial charge is 0.493 e. The topological polar surface area (TPSA) is 100 Å². The molecule has 0 bridgehead atoms. The van der Waals surface area contributed by atoms with Crippen molar-refractivity contribution in [1.29, 1.82) is 0 Å². The summed E-state index contributed by atoms with van der Waals surface area (Å²) < 4.78 is 23.0. The number of piperidine rings is 1. The number of carbonyl (C=O) groups is 2. The van der Waals surface area contributed by atoms with Gasteiger partial charge in [0, 0.05) is 44.3 Å². The van der Waals surface area contributed by atoms with Crippen molar-refractivity contribution in [2.75, 3.05) is 46.2 Å². The summed E-state index contributed by atoms with van der Waals surface area (Å²) in [6.07, 6.45) is 4.05. The third-order valence-corrected chi connectivity index (χ3v) is 7.16. The Hall–Kier alpha value is -2.97. The Morgan fingerprint density at radius 3 is 2.63 bits per heavy atom. The number of esters is 1. The standard InChI is InChI=1S/C26H31ClN2O6/c1-32-21-6-5-17(15-22(21)33-2)26(8-11-29(12-9-26)10-3-4-13-30)35-25(31)19-16-20(27)23(28)18-7-14-34-24(18)19/h5-6,13,15-16H,3-4,7-12,14,28H2,1-2H3. The fraction of sp³-hybridized carbons (Fsp3) is 0.462. The number of anilines is 1. The van der Waals surface area contributed by atoms with E-state index in [1.165, 1.54) is 6.07 Å². The zero-order valence-corrected chi connectivity index (χ0v) is 20.9. The summed E-state index contributed by atoms with van der Waals surface area (Å²) in [7, 11) is 3.16. The Labute approximate surface area is 210 Å². The second kappa shape index (κ2) is 10.7. The number of unbranched alkanes of at least 4 members (excludes halogenated alkanes) is 1. The number of ether oxygens (including phenoxy) is 4.